The van der Waals surface area contributed by atoms with Gasteiger partial charge in [-0.2, -0.15) is 9.40 Å². The predicted molar refractivity (Wildman–Crippen MR) is 107 cm³/mol. The van der Waals surface area contributed by atoms with Crippen molar-refractivity contribution in [1.82, 2.24) is 24.3 Å². The molecule has 0 saturated carbocycles. The van der Waals surface area contributed by atoms with E-state index in [2.05, 4.69) is 15.3 Å². The number of sulfonamides is 1. The molecule has 28 heavy (non-hydrogen) atoms. The molecular formula is C19H33N5O3S. The van der Waals surface area contributed by atoms with E-state index in [1.165, 1.54) is 29.8 Å². The van der Waals surface area contributed by atoms with E-state index < -0.39 is 10.0 Å². The lowest BCUT2D eigenvalue weighted by Crippen LogP contribution is -2.49. The first-order valence-corrected chi connectivity index (χ1v) is 11.7. The van der Waals surface area contributed by atoms with Gasteiger partial charge in [0.25, 0.3) is 0 Å². The second-order valence-electron chi connectivity index (χ2n) is 8.19. The highest BCUT2D eigenvalue weighted by Gasteiger charge is 2.35. The van der Waals surface area contributed by atoms with E-state index in [0.717, 1.165) is 26.1 Å². The number of aromatic nitrogens is 2. The Morgan fingerprint density at radius 2 is 1.96 bits per heavy atom. The first-order chi connectivity index (χ1) is 13.3. The van der Waals surface area contributed by atoms with Crippen LogP contribution in [0.5, 0.6) is 0 Å². The third-order valence-corrected chi connectivity index (χ3v) is 7.90. The van der Waals surface area contributed by atoms with E-state index in [1.54, 1.807) is 18.7 Å². The molecule has 0 spiro atoms. The molecule has 2 aliphatic heterocycles. The normalized spacial score (nSPS) is 23.5. The van der Waals surface area contributed by atoms with Crippen molar-refractivity contribution in [2.24, 2.45) is 13.0 Å². The Kier molecular flexibility index (Phi) is 6.77. The fourth-order valence-electron chi connectivity index (χ4n) is 4.18. The molecule has 2 aliphatic rings. The standard InChI is InChI=1S/C19H33N5O3S/c1-15(13-23-9-5-4-6-10-23)21-19(25)17-8-7-11-24(14-17)28(26,27)18-12-20-22(3)16(18)2/h12,15,17H,4-11,13-14H2,1-3H3,(H,21,25). The number of rotatable bonds is 6. The molecule has 0 aromatic carbocycles. The van der Waals surface area contributed by atoms with Crippen LogP contribution >= 0.6 is 0 Å². The summed E-state index contributed by atoms with van der Waals surface area (Å²) in [6.07, 6.45) is 6.56. The molecule has 158 valence electrons. The van der Waals surface area contributed by atoms with Crippen molar-refractivity contribution in [2.45, 2.75) is 56.9 Å². The number of piperidine rings is 2. The van der Waals surface area contributed by atoms with Crippen LogP contribution in [0.1, 0.15) is 44.7 Å². The SMILES string of the molecule is Cc1c(S(=O)(=O)N2CCCC(C(=O)NC(C)CN3CCCCC3)C2)cnn1C. The minimum absolute atomic E-state index is 0.0349. The fourth-order valence-corrected chi connectivity index (χ4v) is 5.89. The first kappa shape index (κ1) is 21.3. The summed E-state index contributed by atoms with van der Waals surface area (Å²) < 4.78 is 29.0. The summed E-state index contributed by atoms with van der Waals surface area (Å²) in [6, 6.07) is 0.0677. The molecule has 8 nitrogen and oxygen atoms in total. The maximum atomic E-state index is 13.0. The fraction of sp³-hybridized carbons (Fsp3) is 0.789. The van der Waals surface area contributed by atoms with Gasteiger partial charge in [-0.15, -0.1) is 0 Å². The topological polar surface area (TPSA) is 87.5 Å². The van der Waals surface area contributed by atoms with E-state index in [1.807, 2.05) is 6.92 Å². The monoisotopic (exact) mass is 411 g/mol. The first-order valence-electron chi connectivity index (χ1n) is 10.3. The number of likely N-dealkylation sites (tertiary alicyclic amines) is 1. The lowest BCUT2D eigenvalue weighted by Gasteiger charge is -2.33. The van der Waals surface area contributed by atoms with Crippen LogP contribution in [0.2, 0.25) is 0 Å². The summed E-state index contributed by atoms with van der Waals surface area (Å²) in [5, 5.41) is 7.16. The van der Waals surface area contributed by atoms with Crippen molar-refractivity contribution in [3.63, 3.8) is 0 Å². The van der Waals surface area contributed by atoms with E-state index in [-0.39, 0.29) is 29.3 Å². The third-order valence-electron chi connectivity index (χ3n) is 5.93. The van der Waals surface area contributed by atoms with E-state index in [9.17, 15) is 13.2 Å². The van der Waals surface area contributed by atoms with Crippen molar-refractivity contribution in [3.05, 3.63) is 11.9 Å². The van der Waals surface area contributed by atoms with Gasteiger partial charge in [-0.3, -0.25) is 9.48 Å². The Labute approximate surface area is 168 Å². The van der Waals surface area contributed by atoms with Gasteiger partial charge in [0.2, 0.25) is 15.9 Å². The van der Waals surface area contributed by atoms with Gasteiger partial charge in [0.1, 0.15) is 4.90 Å². The lowest BCUT2D eigenvalue weighted by molar-refractivity contribution is -0.126. The van der Waals surface area contributed by atoms with Gasteiger partial charge in [-0.25, -0.2) is 8.42 Å². The molecule has 9 heteroatoms. The van der Waals surface area contributed by atoms with Gasteiger partial charge < -0.3 is 10.2 Å². The quantitative estimate of drug-likeness (QED) is 0.758. The van der Waals surface area contributed by atoms with Crippen LogP contribution in [0.15, 0.2) is 11.1 Å². The highest BCUT2D eigenvalue weighted by molar-refractivity contribution is 7.89. The van der Waals surface area contributed by atoms with Gasteiger partial charge in [0.15, 0.2) is 0 Å². The van der Waals surface area contributed by atoms with Crippen LogP contribution in [-0.2, 0) is 21.9 Å². The van der Waals surface area contributed by atoms with Gasteiger partial charge in [0.05, 0.1) is 17.8 Å². The second kappa shape index (κ2) is 8.92. The number of carbonyl (C=O) groups excluding carboxylic acids is 1. The maximum absolute atomic E-state index is 13.0. The van der Waals surface area contributed by atoms with Crippen LogP contribution < -0.4 is 5.32 Å². The number of carbonyl (C=O) groups is 1. The molecule has 1 amide bonds. The maximum Gasteiger partial charge on any atom is 0.246 e. The van der Waals surface area contributed by atoms with Crippen LogP contribution in [0, 0.1) is 12.8 Å². The van der Waals surface area contributed by atoms with Gasteiger partial charge in [-0.05, 0) is 52.6 Å². The minimum atomic E-state index is -3.63. The highest BCUT2D eigenvalue weighted by Crippen LogP contribution is 2.25. The number of amides is 1. The summed E-state index contributed by atoms with van der Waals surface area (Å²) in [5.41, 5.74) is 0.613. The summed E-state index contributed by atoms with van der Waals surface area (Å²) in [4.78, 5) is 15.4. The Morgan fingerprint density at radius 3 is 2.61 bits per heavy atom. The average Bonchev–Trinajstić information content (AvgIpc) is 3.02. The molecular weight excluding hydrogens is 378 g/mol. The van der Waals surface area contributed by atoms with Crippen molar-refractivity contribution in [1.29, 1.82) is 0 Å². The van der Waals surface area contributed by atoms with Crippen LogP contribution in [-0.4, -0.2) is 72.1 Å². The smallest absolute Gasteiger partial charge is 0.246 e. The molecule has 2 atom stereocenters. The molecule has 2 saturated heterocycles. The molecule has 2 fully saturated rings. The molecule has 0 aliphatic carbocycles. The molecule has 0 radical (unpaired) electrons. The van der Waals surface area contributed by atoms with Crippen molar-refractivity contribution in [3.8, 4) is 0 Å². The lowest BCUT2D eigenvalue weighted by atomic mass is 9.98. The van der Waals surface area contributed by atoms with Gasteiger partial charge >= 0.3 is 0 Å². The van der Waals surface area contributed by atoms with Crippen LogP contribution in [0.3, 0.4) is 0 Å². The van der Waals surface area contributed by atoms with Crippen molar-refractivity contribution >= 4 is 15.9 Å². The number of hydrogen-bond acceptors (Lipinski definition) is 5. The van der Waals surface area contributed by atoms with Crippen LogP contribution in [0.4, 0.5) is 0 Å². The Hall–Kier alpha value is -1.45. The van der Waals surface area contributed by atoms with E-state index in [4.69, 9.17) is 0 Å². The zero-order valence-electron chi connectivity index (χ0n) is 17.2. The molecule has 3 heterocycles. The summed E-state index contributed by atoms with van der Waals surface area (Å²) in [6.45, 7) is 7.51. The number of nitrogens with zero attached hydrogens (tertiary/aromatic N) is 4. The molecule has 3 rings (SSSR count). The molecule has 1 aromatic rings. The summed E-state index contributed by atoms with van der Waals surface area (Å²) in [7, 11) is -1.90. The third kappa shape index (κ3) is 4.75. The Morgan fingerprint density at radius 1 is 1.25 bits per heavy atom. The van der Waals surface area contributed by atoms with Crippen molar-refractivity contribution < 1.29 is 13.2 Å². The molecule has 2 unspecified atom stereocenters. The predicted octanol–water partition coefficient (Wildman–Crippen LogP) is 1.12. The largest absolute Gasteiger partial charge is 0.352 e. The number of hydrogen-bond donors (Lipinski definition) is 1. The minimum Gasteiger partial charge on any atom is -0.352 e. The molecule has 1 aromatic heterocycles. The average molecular weight is 412 g/mol. The van der Waals surface area contributed by atoms with E-state index >= 15 is 0 Å². The van der Waals surface area contributed by atoms with E-state index in [0.29, 0.717) is 18.7 Å². The zero-order chi connectivity index (χ0) is 20.3. The number of nitrogens with one attached hydrogen (secondary N) is 1. The summed E-state index contributed by atoms with van der Waals surface area (Å²) in [5.74, 6) is -0.336. The summed E-state index contributed by atoms with van der Waals surface area (Å²) >= 11 is 0. The van der Waals surface area contributed by atoms with Crippen molar-refractivity contribution in [2.75, 3.05) is 32.7 Å². The Balaban J connectivity index is 1.59. The van der Waals surface area contributed by atoms with Gasteiger partial charge in [0, 0.05) is 32.7 Å². The second-order valence-corrected chi connectivity index (χ2v) is 10.1. The molecule has 1 N–H and O–H groups in total. The van der Waals surface area contributed by atoms with Gasteiger partial charge in [-0.1, -0.05) is 6.42 Å². The molecule has 0 bridgehead atoms. The highest BCUT2D eigenvalue weighted by atomic mass is 32.2. The van der Waals surface area contributed by atoms with Crippen LogP contribution in [0.25, 0.3) is 0 Å². The number of aryl methyl sites for hydroxylation is 1. The zero-order valence-corrected chi connectivity index (χ0v) is 18.0. The Bertz CT molecular complexity index is 785.